The first-order valence-electron chi connectivity index (χ1n) is 8.59. The molecule has 25 heavy (non-hydrogen) atoms. The van der Waals surface area contributed by atoms with Crippen molar-refractivity contribution in [3.63, 3.8) is 0 Å². The lowest BCUT2D eigenvalue weighted by molar-refractivity contribution is 0.0726. The number of aliphatic imine (C=N–C) groups is 1. The van der Waals surface area contributed by atoms with Crippen LogP contribution in [0.25, 0.3) is 0 Å². The fraction of sp³-hybridized carbons (Fsp3) is 0.350. The van der Waals surface area contributed by atoms with Crippen LogP contribution in [0.5, 0.6) is 0 Å². The van der Waals surface area contributed by atoms with E-state index in [1.54, 1.807) is 11.8 Å². The predicted molar refractivity (Wildman–Crippen MR) is 107 cm³/mol. The van der Waals surface area contributed by atoms with E-state index in [1.165, 1.54) is 5.56 Å². The highest BCUT2D eigenvalue weighted by Gasteiger charge is 2.31. The van der Waals surface area contributed by atoms with Crippen molar-refractivity contribution in [2.75, 3.05) is 23.4 Å². The van der Waals surface area contributed by atoms with Gasteiger partial charge in [-0.25, -0.2) is 4.99 Å². The molecule has 1 heterocycles. The maximum absolute atomic E-state index is 10.6. The summed E-state index contributed by atoms with van der Waals surface area (Å²) in [6.45, 7) is 3.18. The number of nitrogens with one attached hydrogen (secondary N) is 2. The molecule has 1 atom stereocenters. The summed E-state index contributed by atoms with van der Waals surface area (Å²) in [5.74, 6) is 2.48. The first-order valence-corrected chi connectivity index (χ1v) is 9.75. The zero-order valence-electron chi connectivity index (χ0n) is 14.5. The summed E-state index contributed by atoms with van der Waals surface area (Å²) in [5, 5.41) is 17.2. The summed E-state index contributed by atoms with van der Waals surface area (Å²) < 4.78 is 0. The number of thioether (sulfide) groups is 1. The topological polar surface area (TPSA) is 56.7 Å². The normalized spacial score (nSPS) is 20.5. The number of aliphatic hydroxyl groups is 1. The summed E-state index contributed by atoms with van der Waals surface area (Å²) in [5.41, 5.74) is 2.74. The molecule has 0 bridgehead atoms. The molecule has 2 aromatic carbocycles. The van der Waals surface area contributed by atoms with Crippen LogP contribution >= 0.6 is 11.8 Å². The van der Waals surface area contributed by atoms with Gasteiger partial charge in [0.15, 0.2) is 5.96 Å². The minimum absolute atomic E-state index is 0.507. The molecule has 0 radical (unpaired) electrons. The Bertz CT molecular complexity index is 695. The van der Waals surface area contributed by atoms with E-state index < -0.39 is 5.60 Å². The molecule has 5 heteroatoms. The van der Waals surface area contributed by atoms with Crippen molar-refractivity contribution < 1.29 is 5.11 Å². The minimum atomic E-state index is -0.645. The lowest BCUT2D eigenvalue weighted by atomic mass is 10.0. The van der Waals surface area contributed by atoms with Crippen LogP contribution in [0.2, 0.25) is 0 Å². The van der Waals surface area contributed by atoms with Crippen molar-refractivity contribution >= 4 is 23.4 Å². The second-order valence-electron chi connectivity index (χ2n) is 6.52. The van der Waals surface area contributed by atoms with Gasteiger partial charge in [0.25, 0.3) is 0 Å². The van der Waals surface area contributed by atoms with Gasteiger partial charge in [-0.15, -0.1) is 0 Å². The van der Waals surface area contributed by atoms with Crippen molar-refractivity contribution in [3.05, 3.63) is 65.7 Å². The molecule has 4 nitrogen and oxygen atoms in total. The number of benzene rings is 2. The van der Waals surface area contributed by atoms with E-state index in [9.17, 15) is 5.11 Å². The third-order valence-electron chi connectivity index (χ3n) is 4.24. The number of guanidine groups is 1. The van der Waals surface area contributed by atoms with E-state index in [2.05, 4.69) is 46.8 Å². The van der Waals surface area contributed by atoms with Gasteiger partial charge in [-0.05, 0) is 36.8 Å². The SMILES string of the molecule is Cc1ccc(CN=C(NCC2(O)CCSC2)Nc2ccccc2)cc1. The van der Waals surface area contributed by atoms with E-state index in [1.807, 2.05) is 30.3 Å². The molecule has 0 aliphatic carbocycles. The highest BCUT2D eigenvalue weighted by molar-refractivity contribution is 7.99. The highest BCUT2D eigenvalue weighted by atomic mass is 32.2. The Hall–Kier alpha value is -1.98. The Morgan fingerprint density at radius 1 is 1.16 bits per heavy atom. The van der Waals surface area contributed by atoms with Crippen LogP contribution in [0.15, 0.2) is 59.6 Å². The molecule has 0 saturated carbocycles. The number of para-hydroxylation sites is 1. The van der Waals surface area contributed by atoms with Gasteiger partial charge >= 0.3 is 0 Å². The molecule has 132 valence electrons. The summed E-state index contributed by atoms with van der Waals surface area (Å²) >= 11 is 1.80. The quantitative estimate of drug-likeness (QED) is 0.568. The lowest BCUT2D eigenvalue weighted by Crippen LogP contribution is -2.45. The van der Waals surface area contributed by atoms with Gasteiger partial charge in [0.2, 0.25) is 0 Å². The standard InChI is InChI=1S/C20H25N3OS/c1-16-7-9-17(10-8-16)13-21-19(23-18-5-3-2-4-6-18)22-14-20(24)11-12-25-15-20/h2-10,24H,11-15H2,1H3,(H2,21,22,23). The summed E-state index contributed by atoms with van der Waals surface area (Å²) in [4.78, 5) is 4.69. The number of hydrogen-bond acceptors (Lipinski definition) is 3. The molecule has 0 aromatic heterocycles. The zero-order chi connectivity index (χ0) is 17.5. The molecule has 1 unspecified atom stereocenters. The Morgan fingerprint density at radius 3 is 2.60 bits per heavy atom. The number of nitrogens with zero attached hydrogens (tertiary/aromatic N) is 1. The van der Waals surface area contributed by atoms with Gasteiger partial charge in [0, 0.05) is 18.0 Å². The van der Waals surface area contributed by atoms with Crippen LogP contribution in [0.4, 0.5) is 5.69 Å². The number of hydrogen-bond donors (Lipinski definition) is 3. The first-order chi connectivity index (χ1) is 12.1. The van der Waals surface area contributed by atoms with Gasteiger partial charge in [0.1, 0.15) is 0 Å². The largest absolute Gasteiger partial charge is 0.387 e. The molecule has 1 saturated heterocycles. The smallest absolute Gasteiger partial charge is 0.196 e. The number of anilines is 1. The molecule has 0 spiro atoms. The lowest BCUT2D eigenvalue weighted by Gasteiger charge is -2.23. The van der Waals surface area contributed by atoms with Crippen LogP contribution < -0.4 is 10.6 Å². The average Bonchev–Trinajstić information content (AvgIpc) is 3.06. The zero-order valence-corrected chi connectivity index (χ0v) is 15.4. The number of aryl methyl sites for hydroxylation is 1. The second-order valence-corrected chi connectivity index (χ2v) is 7.63. The molecule has 1 fully saturated rings. The average molecular weight is 356 g/mol. The van der Waals surface area contributed by atoms with E-state index in [0.717, 1.165) is 29.2 Å². The van der Waals surface area contributed by atoms with Crippen molar-refractivity contribution in [1.82, 2.24) is 5.32 Å². The maximum atomic E-state index is 10.6. The molecule has 3 rings (SSSR count). The minimum Gasteiger partial charge on any atom is -0.387 e. The fourth-order valence-electron chi connectivity index (χ4n) is 2.65. The van der Waals surface area contributed by atoms with Crippen molar-refractivity contribution in [3.8, 4) is 0 Å². The Labute approximate surface area is 153 Å². The Kier molecular flexibility index (Phi) is 6.00. The molecule has 1 aliphatic heterocycles. The Morgan fingerprint density at radius 2 is 1.92 bits per heavy atom. The first kappa shape index (κ1) is 17.8. The van der Waals surface area contributed by atoms with Crippen LogP contribution in [-0.4, -0.2) is 34.7 Å². The van der Waals surface area contributed by atoms with E-state index >= 15 is 0 Å². The third-order valence-corrected chi connectivity index (χ3v) is 5.48. The molecule has 3 N–H and O–H groups in total. The fourth-order valence-corrected chi connectivity index (χ4v) is 3.94. The number of rotatable bonds is 5. The molecule has 1 aliphatic rings. The molecular weight excluding hydrogens is 330 g/mol. The van der Waals surface area contributed by atoms with Crippen LogP contribution in [0.1, 0.15) is 17.5 Å². The van der Waals surface area contributed by atoms with Crippen molar-refractivity contribution in [2.24, 2.45) is 4.99 Å². The monoisotopic (exact) mass is 355 g/mol. The van der Waals surface area contributed by atoms with Gasteiger partial charge in [-0.3, -0.25) is 0 Å². The highest BCUT2D eigenvalue weighted by Crippen LogP contribution is 2.27. The van der Waals surface area contributed by atoms with Crippen LogP contribution in [0, 0.1) is 6.92 Å². The van der Waals surface area contributed by atoms with Gasteiger partial charge in [-0.1, -0.05) is 48.0 Å². The Balaban J connectivity index is 1.68. The predicted octanol–water partition coefficient (Wildman–Crippen LogP) is 3.42. The van der Waals surface area contributed by atoms with Gasteiger partial charge in [0.05, 0.1) is 12.1 Å². The van der Waals surface area contributed by atoms with Crippen LogP contribution in [-0.2, 0) is 6.54 Å². The van der Waals surface area contributed by atoms with Crippen molar-refractivity contribution in [2.45, 2.75) is 25.5 Å². The van der Waals surface area contributed by atoms with Crippen molar-refractivity contribution in [1.29, 1.82) is 0 Å². The second kappa shape index (κ2) is 8.41. The van der Waals surface area contributed by atoms with E-state index in [4.69, 9.17) is 0 Å². The molecular formula is C20H25N3OS. The van der Waals surface area contributed by atoms with E-state index in [0.29, 0.717) is 19.0 Å². The molecule has 0 amide bonds. The summed E-state index contributed by atoms with van der Waals surface area (Å²) in [7, 11) is 0. The molecule has 2 aromatic rings. The maximum Gasteiger partial charge on any atom is 0.196 e. The van der Waals surface area contributed by atoms with Gasteiger partial charge in [-0.2, -0.15) is 11.8 Å². The summed E-state index contributed by atoms with van der Waals surface area (Å²) in [6, 6.07) is 18.4. The third kappa shape index (κ3) is 5.51. The van der Waals surface area contributed by atoms with Crippen LogP contribution in [0.3, 0.4) is 0 Å². The summed E-state index contributed by atoms with van der Waals surface area (Å²) in [6.07, 6.45) is 0.821. The van der Waals surface area contributed by atoms with E-state index in [-0.39, 0.29) is 0 Å². The van der Waals surface area contributed by atoms with Gasteiger partial charge < -0.3 is 15.7 Å².